The molecule has 2 atom stereocenters. The minimum Gasteiger partial charge on any atom is -0.340 e. The molecule has 1 amide bonds. The molecule has 1 aromatic carbocycles. The van der Waals surface area contributed by atoms with Gasteiger partial charge in [-0.3, -0.25) is 9.69 Å². The maximum Gasteiger partial charge on any atom is 0.236 e. The quantitative estimate of drug-likeness (QED) is 0.783. The topological polar surface area (TPSA) is 26.8 Å². The average Bonchev–Trinajstić information content (AvgIpc) is 3.08. The molecule has 0 aromatic heterocycles. The summed E-state index contributed by atoms with van der Waals surface area (Å²) in [5, 5.41) is 0. The normalized spacial score (nSPS) is 25.2. The molecule has 2 saturated heterocycles. The fourth-order valence-electron chi connectivity index (χ4n) is 4.74. The number of rotatable bonds is 6. The van der Waals surface area contributed by atoms with Gasteiger partial charge in [-0.15, -0.1) is 0 Å². The maximum absolute atomic E-state index is 12.8. The van der Waals surface area contributed by atoms with Crippen LogP contribution in [0.2, 0.25) is 0 Å². The van der Waals surface area contributed by atoms with Crippen LogP contribution < -0.4 is 0 Å². The van der Waals surface area contributed by atoms with Gasteiger partial charge in [0.15, 0.2) is 0 Å². The third kappa shape index (κ3) is 4.66. The zero-order valence-electron chi connectivity index (χ0n) is 16.7. The van der Waals surface area contributed by atoms with Gasteiger partial charge in [0.1, 0.15) is 0 Å². The van der Waals surface area contributed by atoms with Crippen LogP contribution in [0.1, 0.15) is 44.1 Å². The number of likely N-dealkylation sites (tertiary alicyclic amines) is 2. The Morgan fingerprint density at radius 3 is 2.42 bits per heavy atom. The first-order chi connectivity index (χ1) is 12.6. The lowest BCUT2D eigenvalue weighted by Gasteiger charge is -2.32. The lowest BCUT2D eigenvalue weighted by Crippen LogP contribution is -2.43. The van der Waals surface area contributed by atoms with Crippen molar-refractivity contribution in [1.29, 1.82) is 0 Å². The van der Waals surface area contributed by atoms with Crippen molar-refractivity contribution in [3.8, 4) is 0 Å². The molecule has 26 heavy (non-hydrogen) atoms. The Bertz CT molecular complexity index is 566. The smallest absolute Gasteiger partial charge is 0.236 e. The van der Waals surface area contributed by atoms with Crippen molar-refractivity contribution in [3.63, 3.8) is 0 Å². The molecule has 3 rings (SSSR count). The number of nitrogens with zero attached hydrogens (tertiary/aromatic N) is 3. The third-order valence-corrected chi connectivity index (χ3v) is 6.30. The number of benzene rings is 1. The lowest BCUT2D eigenvalue weighted by molar-refractivity contribution is -0.131. The molecular weight excluding hydrogens is 322 g/mol. The fourth-order valence-corrected chi connectivity index (χ4v) is 4.74. The summed E-state index contributed by atoms with van der Waals surface area (Å²) in [5.74, 6) is 1.61. The largest absolute Gasteiger partial charge is 0.340 e. The number of likely N-dealkylation sites (N-methyl/N-ethyl adjacent to an activating group) is 1. The van der Waals surface area contributed by atoms with E-state index in [2.05, 4.69) is 66.1 Å². The summed E-state index contributed by atoms with van der Waals surface area (Å²) >= 11 is 0. The highest BCUT2D eigenvalue weighted by Gasteiger charge is 2.36. The lowest BCUT2D eigenvalue weighted by atomic mass is 9.89. The summed E-state index contributed by atoms with van der Waals surface area (Å²) in [7, 11) is 4.30. The number of amides is 1. The van der Waals surface area contributed by atoms with Crippen molar-refractivity contribution >= 4 is 5.91 Å². The van der Waals surface area contributed by atoms with Crippen molar-refractivity contribution in [2.24, 2.45) is 5.92 Å². The summed E-state index contributed by atoms with van der Waals surface area (Å²) < 4.78 is 0. The highest BCUT2D eigenvalue weighted by Crippen LogP contribution is 2.28. The van der Waals surface area contributed by atoms with Crippen molar-refractivity contribution in [2.75, 3.05) is 46.8 Å². The van der Waals surface area contributed by atoms with Crippen LogP contribution in [-0.2, 0) is 4.79 Å². The summed E-state index contributed by atoms with van der Waals surface area (Å²) in [6.45, 7) is 6.75. The first-order valence-electron chi connectivity index (χ1n) is 10.3. The van der Waals surface area contributed by atoms with Crippen LogP contribution in [0, 0.1) is 5.92 Å². The van der Waals surface area contributed by atoms with Crippen LogP contribution in [0.4, 0.5) is 0 Å². The van der Waals surface area contributed by atoms with Crippen LogP contribution >= 0.6 is 0 Å². The van der Waals surface area contributed by atoms with E-state index in [0.29, 0.717) is 30.3 Å². The highest BCUT2D eigenvalue weighted by atomic mass is 16.2. The Morgan fingerprint density at radius 1 is 1.12 bits per heavy atom. The maximum atomic E-state index is 12.8. The summed E-state index contributed by atoms with van der Waals surface area (Å²) in [4.78, 5) is 19.6. The van der Waals surface area contributed by atoms with E-state index < -0.39 is 0 Å². The summed E-state index contributed by atoms with van der Waals surface area (Å²) in [5.41, 5.74) is 1.45. The average molecular weight is 358 g/mol. The number of hydrogen-bond acceptors (Lipinski definition) is 3. The zero-order chi connectivity index (χ0) is 18.5. The zero-order valence-corrected chi connectivity index (χ0v) is 16.7. The second-order valence-electron chi connectivity index (χ2n) is 8.34. The molecular formula is C22H35N3O. The molecule has 1 aromatic rings. The first-order valence-corrected chi connectivity index (χ1v) is 10.3. The third-order valence-electron chi connectivity index (χ3n) is 6.30. The van der Waals surface area contributed by atoms with E-state index in [-0.39, 0.29) is 0 Å². The molecule has 0 bridgehead atoms. The van der Waals surface area contributed by atoms with Crippen LogP contribution in [0.5, 0.6) is 0 Å². The van der Waals surface area contributed by atoms with Gasteiger partial charge in [0, 0.05) is 19.1 Å². The van der Waals surface area contributed by atoms with Crippen molar-refractivity contribution < 1.29 is 4.79 Å². The molecule has 0 aliphatic carbocycles. The minimum atomic E-state index is 0.327. The first kappa shape index (κ1) is 19.4. The van der Waals surface area contributed by atoms with Gasteiger partial charge in [-0.25, -0.2) is 0 Å². The number of carbonyl (C=O) groups excluding carboxylic acids is 1. The van der Waals surface area contributed by atoms with Crippen LogP contribution in [-0.4, -0.2) is 73.5 Å². The van der Waals surface area contributed by atoms with Crippen molar-refractivity contribution in [1.82, 2.24) is 14.7 Å². The van der Waals surface area contributed by atoms with Gasteiger partial charge >= 0.3 is 0 Å². The van der Waals surface area contributed by atoms with Crippen LogP contribution in [0.3, 0.4) is 0 Å². The standard InChI is InChI=1S/C22H35N3O/c1-4-8-20-15-25(16-21(20)23(2)3)22(26)17-24-13-11-19(12-14-24)18-9-6-5-7-10-18/h5-7,9-10,19-21H,4,8,11-17H2,1-3H3/t20-,21-/m1/s1. The van der Waals surface area contributed by atoms with Gasteiger partial charge in [-0.1, -0.05) is 43.7 Å². The molecule has 2 aliphatic heterocycles. The SMILES string of the molecule is CCC[C@@H]1CN(C(=O)CN2CCC(c3ccccc3)CC2)C[C@H]1N(C)C. The molecule has 0 spiro atoms. The van der Waals surface area contributed by atoms with E-state index >= 15 is 0 Å². The number of piperidine rings is 1. The molecule has 0 unspecified atom stereocenters. The fraction of sp³-hybridized carbons (Fsp3) is 0.682. The second kappa shape index (κ2) is 9.01. The summed E-state index contributed by atoms with van der Waals surface area (Å²) in [6.07, 6.45) is 4.74. The highest BCUT2D eigenvalue weighted by molar-refractivity contribution is 5.78. The van der Waals surface area contributed by atoms with E-state index in [4.69, 9.17) is 0 Å². The van der Waals surface area contributed by atoms with Crippen molar-refractivity contribution in [2.45, 2.75) is 44.6 Å². The Kier molecular flexibility index (Phi) is 6.71. The van der Waals surface area contributed by atoms with Gasteiger partial charge in [0.2, 0.25) is 5.91 Å². The van der Waals surface area contributed by atoms with Gasteiger partial charge in [0.05, 0.1) is 6.54 Å². The van der Waals surface area contributed by atoms with Crippen molar-refractivity contribution in [3.05, 3.63) is 35.9 Å². The molecule has 4 nitrogen and oxygen atoms in total. The minimum absolute atomic E-state index is 0.327. The van der Waals surface area contributed by atoms with E-state index in [1.54, 1.807) is 0 Å². The predicted molar refractivity (Wildman–Crippen MR) is 107 cm³/mol. The van der Waals surface area contributed by atoms with Gasteiger partial charge in [0.25, 0.3) is 0 Å². The monoisotopic (exact) mass is 357 g/mol. The molecule has 144 valence electrons. The van der Waals surface area contributed by atoms with Gasteiger partial charge in [-0.05, 0) is 63.8 Å². The number of carbonyl (C=O) groups is 1. The molecule has 2 heterocycles. The molecule has 2 aliphatic rings. The van der Waals surface area contributed by atoms with Gasteiger partial charge < -0.3 is 9.80 Å². The summed E-state index contributed by atoms with van der Waals surface area (Å²) in [6, 6.07) is 11.3. The molecule has 0 radical (unpaired) electrons. The van der Waals surface area contributed by atoms with E-state index in [0.717, 1.165) is 39.0 Å². The van der Waals surface area contributed by atoms with Crippen LogP contribution in [0.25, 0.3) is 0 Å². The van der Waals surface area contributed by atoms with Crippen LogP contribution in [0.15, 0.2) is 30.3 Å². The Morgan fingerprint density at radius 2 is 1.81 bits per heavy atom. The van der Waals surface area contributed by atoms with Gasteiger partial charge in [-0.2, -0.15) is 0 Å². The number of hydrogen-bond donors (Lipinski definition) is 0. The second-order valence-corrected chi connectivity index (χ2v) is 8.34. The Hall–Kier alpha value is -1.39. The van der Waals surface area contributed by atoms with E-state index in [9.17, 15) is 4.79 Å². The molecule has 0 saturated carbocycles. The Labute approximate surface area is 159 Å². The molecule has 2 fully saturated rings. The van der Waals surface area contributed by atoms with E-state index in [1.807, 2.05) is 0 Å². The Balaban J connectivity index is 1.48. The predicted octanol–water partition coefficient (Wildman–Crippen LogP) is 3.05. The van der Waals surface area contributed by atoms with E-state index in [1.165, 1.54) is 18.4 Å². The molecule has 0 N–H and O–H groups in total. The molecule has 4 heteroatoms.